The van der Waals surface area contributed by atoms with Crippen molar-refractivity contribution in [3.8, 4) is 5.75 Å². The first-order valence-electron chi connectivity index (χ1n) is 3.42. The van der Waals surface area contributed by atoms with Gasteiger partial charge in [-0.2, -0.15) is 5.10 Å². The van der Waals surface area contributed by atoms with Crippen LogP contribution in [0, 0.1) is 0 Å². The SMILES string of the molecule is NC(=O)N/N=C\c1ccc(O)cn1. The Hall–Kier alpha value is -2.11. The number of aromatic nitrogens is 1. The Kier molecular flexibility index (Phi) is 2.80. The van der Waals surface area contributed by atoms with Gasteiger partial charge in [-0.3, -0.25) is 4.98 Å². The number of nitrogens with two attached hydrogens (primary N) is 1. The van der Waals surface area contributed by atoms with Gasteiger partial charge < -0.3 is 10.8 Å². The topological polar surface area (TPSA) is 101 Å². The Morgan fingerprint density at radius 3 is 3.00 bits per heavy atom. The molecule has 1 aromatic rings. The number of pyridine rings is 1. The number of hydrogen-bond donors (Lipinski definition) is 3. The number of carbonyl (C=O) groups is 1. The van der Waals surface area contributed by atoms with Crippen LogP contribution in [0.25, 0.3) is 0 Å². The highest BCUT2D eigenvalue weighted by molar-refractivity contribution is 5.79. The summed E-state index contributed by atoms with van der Waals surface area (Å²) >= 11 is 0. The Morgan fingerprint density at radius 1 is 1.69 bits per heavy atom. The lowest BCUT2D eigenvalue weighted by Gasteiger charge is -1.92. The molecule has 4 N–H and O–H groups in total. The first kappa shape index (κ1) is 8.98. The minimum absolute atomic E-state index is 0.0695. The lowest BCUT2D eigenvalue weighted by molar-refractivity contribution is 0.249. The normalized spacial score (nSPS) is 10.2. The van der Waals surface area contributed by atoms with Gasteiger partial charge >= 0.3 is 6.03 Å². The van der Waals surface area contributed by atoms with Gasteiger partial charge in [0.2, 0.25) is 0 Å². The van der Waals surface area contributed by atoms with E-state index in [0.717, 1.165) is 0 Å². The van der Waals surface area contributed by atoms with Crippen LogP contribution in [-0.4, -0.2) is 22.3 Å². The van der Waals surface area contributed by atoms with E-state index in [9.17, 15) is 4.79 Å². The fourth-order valence-corrected chi connectivity index (χ4v) is 0.636. The van der Waals surface area contributed by atoms with Crippen LogP contribution in [0.15, 0.2) is 23.4 Å². The third-order valence-corrected chi connectivity index (χ3v) is 1.14. The molecule has 0 aliphatic carbocycles. The number of hydrogen-bond acceptors (Lipinski definition) is 4. The van der Waals surface area contributed by atoms with Crippen LogP contribution in [0.1, 0.15) is 5.69 Å². The van der Waals surface area contributed by atoms with Crippen LogP contribution in [0.3, 0.4) is 0 Å². The second-order valence-electron chi connectivity index (χ2n) is 2.18. The summed E-state index contributed by atoms with van der Waals surface area (Å²) in [5, 5.41) is 12.4. The summed E-state index contributed by atoms with van der Waals surface area (Å²) in [4.78, 5) is 14.0. The van der Waals surface area contributed by atoms with Gasteiger partial charge in [0.1, 0.15) is 5.75 Å². The van der Waals surface area contributed by atoms with Gasteiger partial charge in [-0.05, 0) is 12.1 Å². The number of amides is 2. The first-order chi connectivity index (χ1) is 6.18. The fourth-order valence-electron chi connectivity index (χ4n) is 0.636. The summed E-state index contributed by atoms with van der Waals surface area (Å²) < 4.78 is 0. The molecule has 0 aliphatic rings. The number of hydrazone groups is 1. The van der Waals surface area contributed by atoms with Crippen molar-refractivity contribution in [3.63, 3.8) is 0 Å². The molecular formula is C7H8N4O2. The highest BCUT2D eigenvalue weighted by atomic mass is 16.3. The maximum Gasteiger partial charge on any atom is 0.332 e. The second kappa shape index (κ2) is 4.05. The Morgan fingerprint density at radius 2 is 2.46 bits per heavy atom. The van der Waals surface area contributed by atoms with E-state index in [0.29, 0.717) is 5.69 Å². The molecule has 1 heterocycles. The van der Waals surface area contributed by atoms with Crippen LogP contribution in [0.2, 0.25) is 0 Å². The summed E-state index contributed by atoms with van der Waals surface area (Å²) in [5.41, 5.74) is 7.28. The van der Waals surface area contributed by atoms with Crippen LogP contribution in [0.4, 0.5) is 4.79 Å². The Labute approximate surface area is 74.1 Å². The predicted molar refractivity (Wildman–Crippen MR) is 46.2 cm³/mol. The van der Waals surface area contributed by atoms with E-state index in [2.05, 4.69) is 10.1 Å². The number of carbonyl (C=O) groups excluding carboxylic acids is 1. The molecule has 0 aliphatic heterocycles. The summed E-state index contributed by atoms with van der Waals surface area (Å²) in [6, 6.07) is 2.26. The molecule has 1 rings (SSSR count). The average Bonchev–Trinajstić information content (AvgIpc) is 2.08. The smallest absolute Gasteiger partial charge is 0.332 e. The van der Waals surface area contributed by atoms with E-state index in [1.54, 1.807) is 6.07 Å². The zero-order valence-corrected chi connectivity index (χ0v) is 6.64. The standard InChI is InChI=1S/C7H8N4O2/c8-7(13)11-10-3-5-1-2-6(12)4-9-5/h1-4,12H,(H3,8,11,13)/b10-3-. The molecule has 0 spiro atoms. The zero-order valence-electron chi connectivity index (χ0n) is 6.64. The van der Waals surface area contributed by atoms with E-state index in [1.165, 1.54) is 18.5 Å². The van der Waals surface area contributed by atoms with Crippen LogP contribution < -0.4 is 11.2 Å². The number of urea groups is 1. The maximum absolute atomic E-state index is 10.2. The molecule has 0 atom stereocenters. The fraction of sp³-hybridized carbons (Fsp3) is 0. The molecule has 0 bridgehead atoms. The van der Waals surface area contributed by atoms with Crippen molar-refractivity contribution in [3.05, 3.63) is 24.0 Å². The molecule has 2 amide bonds. The Bertz CT molecular complexity index is 320. The number of primary amides is 1. The molecule has 68 valence electrons. The largest absolute Gasteiger partial charge is 0.506 e. The molecule has 0 radical (unpaired) electrons. The minimum Gasteiger partial charge on any atom is -0.506 e. The maximum atomic E-state index is 10.2. The van der Waals surface area contributed by atoms with Crippen molar-refractivity contribution in [2.45, 2.75) is 0 Å². The van der Waals surface area contributed by atoms with Gasteiger partial charge in [0.15, 0.2) is 0 Å². The van der Waals surface area contributed by atoms with E-state index < -0.39 is 6.03 Å². The van der Waals surface area contributed by atoms with E-state index in [4.69, 9.17) is 10.8 Å². The number of nitrogens with zero attached hydrogens (tertiary/aromatic N) is 2. The van der Waals surface area contributed by atoms with Crippen LogP contribution in [0.5, 0.6) is 5.75 Å². The quantitative estimate of drug-likeness (QED) is 0.433. The molecule has 0 aromatic carbocycles. The summed E-state index contributed by atoms with van der Waals surface area (Å²) in [5.74, 6) is 0.0695. The van der Waals surface area contributed by atoms with E-state index >= 15 is 0 Å². The number of aromatic hydroxyl groups is 1. The highest BCUT2D eigenvalue weighted by Gasteiger charge is 1.90. The molecule has 6 nitrogen and oxygen atoms in total. The number of rotatable bonds is 2. The number of nitrogens with one attached hydrogen (secondary N) is 1. The van der Waals surface area contributed by atoms with Crippen molar-refractivity contribution < 1.29 is 9.90 Å². The highest BCUT2D eigenvalue weighted by Crippen LogP contribution is 2.03. The van der Waals surface area contributed by atoms with Gasteiger partial charge in [-0.1, -0.05) is 0 Å². The summed E-state index contributed by atoms with van der Waals surface area (Å²) in [7, 11) is 0. The summed E-state index contributed by atoms with van der Waals surface area (Å²) in [6.45, 7) is 0. The third kappa shape index (κ3) is 3.19. The van der Waals surface area contributed by atoms with Crippen molar-refractivity contribution in [1.29, 1.82) is 0 Å². The molecule has 0 fully saturated rings. The van der Waals surface area contributed by atoms with Gasteiger partial charge in [0.05, 0.1) is 18.1 Å². The van der Waals surface area contributed by atoms with Gasteiger partial charge in [-0.25, -0.2) is 10.2 Å². The Balaban J connectivity index is 2.59. The first-order valence-corrected chi connectivity index (χ1v) is 3.42. The molecule has 13 heavy (non-hydrogen) atoms. The van der Waals surface area contributed by atoms with Gasteiger partial charge in [-0.15, -0.1) is 0 Å². The van der Waals surface area contributed by atoms with Crippen molar-refractivity contribution in [1.82, 2.24) is 10.4 Å². The van der Waals surface area contributed by atoms with E-state index in [-0.39, 0.29) is 5.75 Å². The van der Waals surface area contributed by atoms with Crippen molar-refractivity contribution in [2.24, 2.45) is 10.8 Å². The average molecular weight is 180 g/mol. The van der Waals surface area contributed by atoms with Crippen molar-refractivity contribution in [2.75, 3.05) is 0 Å². The zero-order chi connectivity index (χ0) is 9.68. The van der Waals surface area contributed by atoms with Crippen molar-refractivity contribution >= 4 is 12.2 Å². The molecular weight excluding hydrogens is 172 g/mol. The molecule has 0 unspecified atom stereocenters. The predicted octanol–water partition coefficient (Wildman–Crippen LogP) is -0.211. The molecule has 1 aromatic heterocycles. The van der Waals surface area contributed by atoms with Gasteiger partial charge in [0, 0.05) is 0 Å². The lowest BCUT2D eigenvalue weighted by atomic mass is 10.4. The van der Waals surface area contributed by atoms with Crippen LogP contribution >= 0.6 is 0 Å². The summed E-state index contributed by atoms with van der Waals surface area (Å²) in [6.07, 6.45) is 2.58. The third-order valence-electron chi connectivity index (χ3n) is 1.14. The van der Waals surface area contributed by atoms with E-state index in [1.807, 2.05) is 5.43 Å². The van der Waals surface area contributed by atoms with Crippen LogP contribution in [-0.2, 0) is 0 Å². The molecule has 0 saturated carbocycles. The molecule has 0 saturated heterocycles. The monoisotopic (exact) mass is 180 g/mol. The second-order valence-corrected chi connectivity index (χ2v) is 2.18. The van der Waals surface area contributed by atoms with Gasteiger partial charge in [0.25, 0.3) is 0 Å². The minimum atomic E-state index is -0.741. The molecule has 6 heteroatoms. The lowest BCUT2D eigenvalue weighted by Crippen LogP contribution is -2.24.